The maximum atomic E-state index is 11.9. The highest BCUT2D eigenvalue weighted by atomic mass is 16.6. The van der Waals surface area contributed by atoms with Gasteiger partial charge in [-0.15, -0.1) is 0 Å². The Morgan fingerprint density at radius 1 is 1.47 bits per heavy atom. The quantitative estimate of drug-likeness (QED) is 0.791. The fraction of sp³-hybridized carbons (Fsp3) is 0.923. The lowest BCUT2D eigenvalue weighted by Crippen LogP contribution is -2.40. The Kier molecular flexibility index (Phi) is 5.18. The standard InChI is InChI=1S/C13H25NO5/c1-12(2,3)19-11(17)14-6-5-13(4,9-14)18-8-10(16)7-15/h10,15-16H,5-9H2,1-4H3. The minimum Gasteiger partial charge on any atom is -0.444 e. The first-order chi connectivity index (χ1) is 8.65. The van der Waals surface area contributed by atoms with Crippen LogP contribution in [0, 0.1) is 0 Å². The second kappa shape index (κ2) is 6.07. The zero-order valence-corrected chi connectivity index (χ0v) is 12.2. The van der Waals surface area contributed by atoms with E-state index in [1.807, 2.05) is 27.7 Å². The van der Waals surface area contributed by atoms with Crippen molar-refractivity contribution in [2.75, 3.05) is 26.3 Å². The van der Waals surface area contributed by atoms with E-state index in [1.54, 1.807) is 4.90 Å². The molecule has 1 aliphatic rings. The van der Waals surface area contributed by atoms with Gasteiger partial charge in [0.25, 0.3) is 0 Å². The largest absolute Gasteiger partial charge is 0.444 e. The lowest BCUT2D eigenvalue weighted by molar-refractivity contribution is -0.0740. The van der Waals surface area contributed by atoms with Gasteiger partial charge in [-0.05, 0) is 34.1 Å². The number of hydrogen-bond acceptors (Lipinski definition) is 5. The number of carbonyl (C=O) groups excluding carboxylic acids is 1. The van der Waals surface area contributed by atoms with Crippen LogP contribution >= 0.6 is 0 Å². The van der Waals surface area contributed by atoms with Crippen LogP contribution in [-0.2, 0) is 9.47 Å². The van der Waals surface area contributed by atoms with Gasteiger partial charge in [-0.25, -0.2) is 4.79 Å². The highest BCUT2D eigenvalue weighted by Gasteiger charge is 2.38. The summed E-state index contributed by atoms with van der Waals surface area (Å²) in [5.41, 5.74) is -1.00. The van der Waals surface area contributed by atoms with E-state index < -0.39 is 17.3 Å². The topological polar surface area (TPSA) is 79.2 Å². The molecule has 1 saturated heterocycles. The van der Waals surface area contributed by atoms with Crippen LogP contribution in [0.25, 0.3) is 0 Å². The molecule has 1 amide bonds. The summed E-state index contributed by atoms with van der Waals surface area (Å²) in [6.07, 6.45) is -0.542. The molecule has 2 unspecified atom stereocenters. The predicted molar refractivity (Wildman–Crippen MR) is 69.9 cm³/mol. The second-order valence-electron chi connectivity index (χ2n) is 6.25. The number of likely N-dealkylation sites (tertiary alicyclic amines) is 1. The molecule has 1 fully saturated rings. The molecule has 0 radical (unpaired) electrons. The van der Waals surface area contributed by atoms with Crippen LogP contribution < -0.4 is 0 Å². The molecule has 1 rings (SSSR count). The summed E-state index contributed by atoms with van der Waals surface area (Å²) in [7, 11) is 0. The van der Waals surface area contributed by atoms with Crippen molar-refractivity contribution in [3.05, 3.63) is 0 Å². The normalized spacial score (nSPS) is 25.5. The van der Waals surface area contributed by atoms with Gasteiger partial charge in [0.1, 0.15) is 11.7 Å². The zero-order valence-electron chi connectivity index (χ0n) is 12.2. The van der Waals surface area contributed by atoms with Gasteiger partial charge in [-0.3, -0.25) is 0 Å². The fourth-order valence-electron chi connectivity index (χ4n) is 1.88. The SMILES string of the molecule is CC(C)(C)OC(=O)N1CCC(C)(OCC(O)CO)C1. The zero-order chi connectivity index (χ0) is 14.7. The Morgan fingerprint density at radius 3 is 2.63 bits per heavy atom. The average Bonchev–Trinajstić information content (AvgIpc) is 2.67. The van der Waals surface area contributed by atoms with Crippen molar-refractivity contribution < 1.29 is 24.5 Å². The molecule has 0 aromatic rings. The van der Waals surface area contributed by atoms with Gasteiger partial charge in [0, 0.05) is 6.54 Å². The Bertz CT molecular complexity index is 315. The average molecular weight is 275 g/mol. The maximum absolute atomic E-state index is 11.9. The molecule has 0 aromatic heterocycles. The minimum atomic E-state index is -0.882. The van der Waals surface area contributed by atoms with Crippen LogP contribution in [0.1, 0.15) is 34.1 Å². The molecule has 1 heterocycles. The minimum absolute atomic E-state index is 0.0646. The van der Waals surface area contributed by atoms with E-state index in [2.05, 4.69) is 0 Å². The van der Waals surface area contributed by atoms with E-state index >= 15 is 0 Å². The third-order valence-corrected chi connectivity index (χ3v) is 2.92. The Labute approximate surface area is 114 Å². The Hall–Kier alpha value is -0.850. The van der Waals surface area contributed by atoms with Gasteiger partial charge in [0.05, 0.1) is 25.4 Å². The Balaban J connectivity index is 2.45. The number of nitrogens with zero attached hydrogens (tertiary/aromatic N) is 1. The highest BCUT2D eigenvalue weighted by Crippen LogP contribution is 2.26. The summed E-state index contributed by atoms with van der Waals surface area (Å²) >= 11 is 0. The lowest BCUT2D eigenvalue weighted by atomic mass is 10.1. The third-order valence-electron chi connectivity index (χ3n) is 2.92. The number of aliphatic hydroxyl groups excluding tert-OH is 2. The van der Waals surface area contributed by atoms with Gasteiger partial charge in [-0.2, -0.15) is 0 Å². The Morgan fingerprint density at radius 2 is 2.11 bits per heavy atom. The van der Waals surface area contributed by atoms with Crippen molar-refractivity contribution in [1.82, 2.24) is 4.90 Å². The highest BCUT2D eigenvalue weighted by molar-refractivity contribution is 5.68. The molecular weight excluding hydrogens is 250 g/mol. The van der Waals surface area contributed by atoms with E-state index in [9.17, 15) is 9.90 Å². The second-order valence-corrected chi connectivity index (χ2v) is 6.25. The maximum Gasteiger partial charge on any atom is 0.410 e. The van der Waals surface area contributed by atoms with Gasteiger partial charge >= 0.3 is 6.09 Å². The van der Waals surface area contributed by atoms with Crippen LogP contribution in [0.15, 0.2) is 0 Å². The summed E-state index contributed by atoms with van der Waals surface area (Å²) in [6, 6.07) is 0. The van der Waals surface area contributed by atoms with E-state index in [-0.39, 0.29) is 19.3 Å². The predicted octanol–water partition coefficient (Wildman–Crippen LogP) is 0.756. The smallest absolute Gasteiger partial charge is 0.410 e. The van der Waals surface area contributed by atoms with E-state index in [1.165, 1.54) is 0 Å². The molecule has 19 heavy (non-hydrogen) atoms. The van der Waals surface area contributed by atoms with Gasteiger partial charge in [0.2, 0.25) is 0 Å². The van der Waals surface area contributed by atoms with Crippen molar-refractivity contribution in [2.45, 2.75) is 51.4 Å². The first-order valence-electron chi connectivity index (χ1n) is 6.56. The summed E-state index contributed by atoms with van der Waals surface area (Å²) < 4.78 is 10.9. The number of rotatable bonds is 4. The van der Waals surface area contributed by atoms with E-state index in [0.29, 0.717) is 19.5 Å². The van der Waals surface area contributed by atoms with Crippen LogP contribution in [0.2, 0.25) is 0 Å². The summed E-state index contributed by atoms with van der Waals surface area (Å²) in [5, 5.41) is 18.0. The van der Waals surface area contributed by atoms with Crippen LogP contribution in [0.4, 0.5) is 4.79 Å². The number of aliphatic hydroxyl groups is 2. The third kappa shape index (κ3) is 5.34. The number of amides is 1. The molecule has 112 valence electrons. The van der Waals surface area contributed by atoms with Crippen LogP contribution in [0.5, 0.6) is 0 Å². The molecule has 6 nitrogen and oxygen atoms in total. The molecule has 2 atom stereocenters. The summed E-state index contributed by atoms with van der Waals surface area (Å²) in [6.45, 7) is 8.11. The number of hydrogen-bond donors (Lipinski definition) is 2. The van der Waals surface area contributed by atoms with E-state index in [4.69, 9.17) is 14.6 Å². The lowest BCUT2D eigenvalue weighted by Gasteiger charge is -2.28. The molecule has 0 aliphatic carbocycles. The van der Waals surface area contributed by atoms with Gasteiger partial charge in [-0.1, -0.05) is 0 Å². The van der Waals surface area contributed by atoms with Gasteiger partial charge < -0.3 is 24.6 Å². The van der Waals surface area contributed by atoms with Crippen molar-refractivity contribution in [2.24, 2.45) is 0 Å². The summed E-state index contributed by atoms with van der Waals surface area (Å²) in [4.78, 5) is 13.5. The molecule has 1 aliphatic heterocycles. The van der Waals surface area contributed by atoms with Crippen molar-refractivity contribution >= 4 is 6.09 Å². The van der Waals surface area contributed by atoms with Crippen molar-refractivity contribution in [3.63, 3.8) is 0 Å². The van der Waals surface area contributed by atoms with Gasteiger partial charge in [0.15, 0.2) is 0 Å². The molecular formula is C13H25NO5. The van der Waals surface area contributed by atoms with E-state index in [0.717, 1.165) is 0 Å². The van der Waals surface area contributed by atoms with Crippen LogP contribution in [-0.4, -0.2) is 64.8 Å². The molecule has 0 bridgehead atoms. The first kappa shape index (κ1) is 16.2. The van der Waals surface area contributed by atoms with Crippen LogP contribution in [0.3, 0.4) is 0 Å². The monoisotopic (exact) mass is 275 g/mol. The van der Waals surface area contributed by atoms with Crippen molar-refractivity contribution in [3.8, 4) is 0 Å². The molecule has 2 N–H and O–H groups in total. The molecule has 0 aromatic carbocycles. The first-order valence-corrected chi connectivity index (χ1v) is 6.56. The van der Waals surface area contributed by atoms with Crippen molar-refractivity contribution in [1.29, 1.82) is 0 Å². The molecule has 0 saturated carbocycles. The number of ether oxygens (including phenoxy) is 2. The molecule has 6 heteroatoms. The summed E-state index contributed by atoms with van der Waals surface area (Å²) in [5.74, 6) is 0. The fourth-order valence-corrected chi connectivity index (χ4v) is 1.88. The molecule has 0 spiro atoms. The number of carbonyl (C=O) groups is 1.